The summed E-state index contributed by atoms with van der Waals surface area (Å²) in [5.41, 5.74) is 1.06. The van der Waals surface area contributed by atoms with E-state index in [-0.39, 0.29) is 6.61 Å². The fourth-order valence-electron chi connectivity index (χ4n) is 2.41. The van der Waals surface area contributed by atoms with Crippen molar-refractivity contribution >= 4 is 21.9 Å². The Balaban J connectivity index is 0.000000300. The maximum Gasteiger partial charge on any atom is 0.333 e. The number of unbranched alkanes of at least 4 members (excludes halogenated alkanes) is 1. The van der Waals surface area contributed by atoms with Gasteiger partial charge >= 0.3 is 10.3 Å². The predicted molar refractivity (Wildman–Crippen MR) is 93.7 cm³/mol. The second-order valence-corrected chi connectivity index (χ2v) is 7.53. The van der Waals surface area contributed by atoms with E-state index in [2.05, 4.69) is 9.32 Å². The molecule has 1 aliphatic rings. The first-order chi connectivity index (χ1) is 11.2. The Morgan fingerprint density at radius 3 is 2.25 bits per heavy atom. The molecule has 0 amide bonds. The number of benzene rings is 1. The van der Waals surface area contributed by atoms with Crippen molar-refractivity contribution in [3.05, 3.63) is 34.9 Å². The van der Waals surface area contributed by atoms with E-state index in [4.69, 9.17) is 21.8 Å². The minimum atomic E-state index is -3.80. The molecule has 1 aromatic carbocycles. The van der Waals surface area contributed by atoms with Gasteiger partial charge in [-0.1, -0.05) is 36.2 Å². The molecule has 0 unspecified atom stereocenters. The lowest BCUT2D eigenvalue weighted by Gasteiger charge is -2.25. The highest BCUT2D eigenvalue weighted by molar-refractivity contribution is 7.84. The van der Waals surface area contributed by atoms with Crippen LogP contribution in [0.15, 0.2) is 24.3 Å². The highest BCUT2D eigenvalue weighted by atomic mass is 35.5. The monoisotopic (exact) mass is 379 g/mol. The summed E-state index contributed by atoms with van der Waals surface area (Å²) in [6, 6.07) is 7.57. The number of aliphatic hydroxyl groups is 2. The molecule has 0 aliphatic heterocycles. The topological polar surface area (TPSA) is 110 Å². The van der Waals surface area contributed by atoms with Gasteiger partial charge in [0, 0.05) is 17.9 Å². The smallest absolute Gasteiger partial charge is 0.333 e. The quantitative estimate of drug-likeness (QED) is 0.519. The Morgan fingerprint density at radius 2 is 1.75 bits per heavy atom. The molecular formula is C16H26ClNO5S. The van der Waals surface area contributed by atoms with Gasteiger partial charge in [-0.15, -0.1) is 0 Å². The molecule has 1 aliphatic carbocycles. The third kappa shape index (κ3) is 10.2. The van der Waals surface area contributed by atoms with E-state index < -0.39 is 16.1 Å². The van der Waals surface area contributed by atoms with E-state index in [1.54, 1.807) is 0 Å². The standard InChI is InChI=1S/C10H14ClNO3S.C6H12O2/c11-10-7-2-1-5-9(10)6-3-4-8-15-16(12,13)14;7-6(8)4-2-1-3-5-6/h1-2,5,7H,3-4,6,8H2,(H2,12,13,14);7-8H,1-5H2. The largest absolute Gasteiger partial charge is 0.366 e. The van der Waals surface area contributed by atoms with Gasteiger partial charge in [0.05, 0.1) is 6.61 Å². The molecule has 138 valence electrons. The van der Waals surface area contributed by atoms with E-state index in [1.165, 1.54) is 0 Å². The van der Waals surface area contributed by atoms with E-state index in [0.717, 1.165) is 42.7 Å². The molecule has 1 aromatic rings. The molecule has 8 heteroatoms. The van der Waals surface area contributed by atoms with Crippen molar-refractivity contribution in [1.82, 2.24) is 0 Å². The SMILES string of the molecule is NS(=O)(=O)OCCCCc1ccccc1Cl.OC1(O)CCCCC1. The van der Waals surface area contributed by atoms with E-state index in [0.29, 0.717) is 19.3 Å². The third-order valence-electron chi connectivity index (χ3n) is 3.70. The van der Waals surface area contributed by atoms with E-state index in [9.17, 15) is 8.42 Å². The Morgan fingerprint density at radius 1 is 1.12 bits per heavy atom. The minimum Gasteiger partial charge on any atom is -0.366 e. The van der Waals surface area contributed by atoms with Gasteiger partial charge in [0.1, 0.15) is 0 Å². The van der Waals surface area contributed by atoms with Crippen molar-refractivity contribution in [2.45, 2.75) is 57.2 Å². The predicted octanol–water partition coefficient (Wildman–Crippen LogP) is 2.51. The number of nitrogens with two attached hydrogens (primary N) is 1. The van der Waals surface area contributed by atoms with Crippen LogP contribution >= 0.6 is 11.6 Å². The van der Waals surface area contributed by atoms with E-state index in [1.807, 2.05) is 24.3 Å². The van der Waals surface area contributed by atoms with Gasteiger partial charge in [0.2, 0.25) is 0 Å². The summed E-state index contributed by atoms with van der Waals surface area (Å²) in [5.74, 6) is -1.32. The van der Waals surface area contributed by atoms with Gasteiger partial charge in [-0.25, -0.2) is 5.14 Å². The van der Waals surface area contributed by atoms with Gasteiger partial charge in [-0.3, -0.25) is 4.18 Å². The summed E-state index contributed by atoms with van der Waals surface area (Å²) in [6.45, 7) is 0.114. The van der Waals surface area contributed by atoms with Crippen LogP contribution < -0.4 is 5.14 Å². The van der Waals surface area contributed by atoms with Crippen molar-refractivity contribution in [2.75, 3.05) is 6.61 Å². The Hall–Kier alpha value is -0.700. The van der Waals surface area contributed by atoms with Gasteiger partial charge in [0.25, 0.3) is 0 Å². The molecular weight excluding hydrogens is 354 g/mol. The molecule has 0 radical (unpaired) electrons. The van der Waals surface area contributed by atoms with Crippen LogP contribution in [0.2, 0.25) is 5.02 Å². The maximum absolute atomic E-state index is 10.5. The van der Waals surface area contributed by atoms with Crippen LogP contribution in [0.3, 0.4) is 0 Å². The number of hydrogen-bond donors (Lipinski definition) is 3. The highest BCUT2D eigenvalue weighted by Gasteiger charge is 2.24. The summed E-state index contributed by atoms with van der Waals surface area (Å²) in [5, 5.41) is 23.3. The normalized spacial score (nSPS) is 17.0. The van der Waals surface area contributed by atoms with E-state index >= 15 is 0 Å². The molecule has 0 atom stereocenters. The van der Waals surface area contributed by atoms with Crippen LogP contribution in [0.25, 0.3) is 0 Å². The van der Waals surface area contributed by atoms with Crippen molar-refractivity contribution in [2.24, 2.45) is 5.14 Å². The lowest BCUT2D eigenvalue weighted by atomic mass is 9.95. The molecule has 0 heterocycles. The fraction of sp³-hybridized carbons (Fsp3) is 0.625. The molecule has 0 spiro atoms. The zero-order valence-corrected chi connectivity index (χ0v) is 15.2. The summed E-state index contributed by atoms with van der Waals surface area (Å²) >= 11 is 5.96. The van der Waals surface area contributed by atoms with Crippen molar-refractivity contribution in [3.8, 4) is 0 Å². The first-order valence-electron chi connectivity index (χ1n) is 8.05. The molecule has 4 N–H and O–H groups in total. The molecule has 1 saturated carbocycles. The second kappa shape index (κ2) is 10.3. The summed E-state index contributed by atoms with van der Waals surface area (Å²) in [4.78, 5) is 0. The van der Waals surface area contributed by atoms with Crippen LogP contribution in [0.1, 0.15) is 50.5 Å². The summed E-state index contributed by atoms with van der Waals surface area (Å²) < 4.78 is 25.3. The van der Waals surface area contributed by atoms with Gasteiger partial charge in [-0.05, 0) is 43.7 Å². The van der Waals surface area contributed by atoms with Crippen molar-refractivity contribution < 1.29 is 22.8 Å². The average molecular weight is 380 g/mol. The molecule has 0 bridgehead atoms. The number of rotatable bonds is 6. The maximum atomic E-state index is 10.5. The third-order valence-corrected chi connectivity index (χ3v) is 4.56. The van der Waals surface area contributed by atoms with Crippen LogP contribution in [-0.2, 0) is 20.9 Å². The second-order valence-electron chi connectivity index (χ2n) is 5.91. The average Bonchev–Trinajstić information content (AvgIpc) is 2.48. The summed E-state index contributed by atoms with van der Waals surface area (Å²) in [7, 11) is -3.80. The van der Waals surface area contributed by atoms with Crippen molar-refractivity contribution in [1.29, 1.82) is 0 Å². The van der Waals surface area contributed by atoms with Gasteiger partial charge < -0.3 is 10.2 Å². The Kier molecular flexibility index (Phi) is 9.18. The Bertz CT molecular complexity index is 584. The van der Waals surface area contributed by atoms with Crippen LogP contribution in [-0.4, -0.2) is 31.0 Å². The number of aryl methyl sites for hydroxylation is 1. The van der Waals surface area contributed by atoms with Gasteiger partial charge in [-0.2, -0.15) is 8.42 Å². The number of hydrogen-bond acceptors (Lipinski definition) is 5. The van der Waals surface area contributed by atoms with Crippen LogP contribution in [0.4, 0.5) is 0 Å². The molecule has 2 rings (SSSR count). The first kappa shape index (κ1) is 21.3. The molecule has 0 aromatic heterocycles. The first-order valence-corrected chi connectivity index (χ1v) is 9.90. The Labute approximate surface area is 148 Å². The fourth-order valence-corrected chi connectivity index (χ4v) is 2.99. The molecule has 1 fully saturated rings. The molecule has 6 nitrogen and oxygen atoms in total. The zero-order chi connectivity index (χ0) is 18.1. The zero-order valence-electron chi connectivity index (χ0n) is 13.7. The highest BCUT2D eigenvalue weighted by Crippen LogP contribution is 2.24. The summed E-state index contributed by atoms with van der Waals surface area (Å²) in [6.07, 6.45) is 6.44. The van der Waals surface area contributed by atoms with Crippen LogP contribution in [0.5, 0.6) is 0 Å². The molecule has 0 saturated heterocycles. The number of halogens is 1. The molecule has 24 heavy (non-hydrogen) atoms. The minimum absolute atomic E-state index is 0.114. The van der Waals surface area contributed by atoms with Gasteiger partial charge in [0.15, 0.2) is 5.79 Å². The lowest BCUT2D eigenvalue weighted by molar-refractivity contribution is -0.180. The van der Waals surface area contributed by atoms with Crippen LogP contribution in [0, 0.1) is 0 Å². The van der Waals surface area contributed by atoms with Crippen molar-refractivity contribution in [3.63, 3.8) is 0 Å². The lowest BCUT2D eigenvalue weighted by Crippen LogP contribution is -2.30.